The molecule has 4 rings (SSSR count). The lowest BCUT2D eigenvalue weighted by molar-refractivity contribution is -0.182. The normalized spacial score (nSPS) is 31.0. The highest BCUT2D eigenvalue weighted by molar-refractivity contribution is 5.97. The minimum atomic E-state index is -1.10. The second-order valence-electron chi connectivity index (χ2n) is 8.61. The third-order valence-electron chi connectivity index (χ3n) is 7.00. The van der Waals surface area contributed by atoms with Crippen molar-refractivity contribution in [3.05, 3.63) is 35.9 Å². The average Bonchev–Trinajstić information content (AvgIpc) is 3.31. The molecule has 1 aromatic carbocycles. The van der Waals surface area contributed by atoms with Gasteiger partial charge in [0.2, 0.25) is 11.8 Å². The number of carbonyl (C=O) groups is 2. The summed E-state index contributed by atoms with van der Waals surface area (Å²) in [7, 11) is 0. The van der Waals surface area contributed by atoms with Gasteiger partial charge in [-0.2, -0.15) is 0 Å². The minimum absolute atomic E-state index is 0.0247. The number of rotatable bonds is 7. The lowest BCUT2D eigenvalue weighted by atomic mass is 9.97. The van der Waals surface area contributed by atoms with E-state index in [0.717, 1.165) is 31.2 Å². The van der Waals surface area contributed by atoms with E-state index in [1.165, 1.54) is 0 Å². The molecule has 1 aliphatic carbocycles. The van der Waals surface area contributed by atoms with Crippen LogP contribution in [0, 0.1) is 5.92 Å². The molecule has 2 amide bonds. The van der Waals surface area contributed by atoms with Crippen molar-refractivity contribution in [2.24, 2.45) is 5.92 Å². The molecule has 1 N–H and O–H groups in total. The molecule has 1 saturated carbocycles. The molecule has 6 nitrogen and oxygen atoms in total. The van der Waals surface area contributed by atoms with Gasteiger partial charge in [0.15, 0.2) is 6.29 Å². The maximum Gasteiger partial charge on any atom is 0.246 e. The van der Waals surface area contributed by atoms with Crippen LogP contribution in [0.5, 0.6) is 0 Å². The highest BCUT2D eigenvalue weighted by Crippen LogP contribution is 2.44. The second kappa shape index (κ2) is 8.44. The Labute approximate surface area is 172 Å². The molecule has 3 aliphatic rings. The summed E-state index contributed by atoms with van der Waals surface area (Å²) in [5.41, 5.74) is 1.14. The summed E-state index contributed by atoms with van der Waals surface area (Å²) in [6.07, 6.45) is 4.16. The number of amides is 2. The monoisotopic (exact) mass is 400 g/mol. The van der Waals surface area contributed by atoms with Crippen molar-refractivity contribution in [3.63, 3.8) is 0 Å². The van der Waals surface area contributed by atoms with E-state index in [4.69, 9.17) is 4.74 Å². The first-order valence-corrected chi connectivity index (χ1v) is 11.0. The first kappa shape index (κ1) is 20.4. The summed E-state index contributed by atoms with van der Waals surface area (Å²) in [6.45, 7) is 3.98. The van der Waals surface area contributed by atoms with Crippen molar-refractivity contribution in [3.8, 4) is 0 Å². The van der Waals surface area contributed by atoms with Crippen LogP contribution in [0.3, 0.4) is 0 Å². The van der Waals surface area contributed by atoms with Gasteiger partial charge in [-0.1, -0.05) is 36.8 Å². The summed E-state index contributed by atoms with van der Waals surface area (Å²) in [4.78, 5) is 30.3. The Kier molecular flexibility index (Phi) is 5.93. The quantitative estimate of drug-likeness (QED) is 0.714. The zero-order chi connectivity index (χ0) is 20.5. The van der Waals surface area contributed by atoms with Crippen LogP contribution in [0.2, 0.25) is 0 Å². The molecule has 2 heterocycles. The fraction of sp³-hybridized carbons (Fsp3) is 0.652. The highest BCUT2D eigenvalue weighted by atomic mass is 16.6. The SMILES string of the molecule is CCOC(O)[C@H](CCc1ccccc1)N1C(=O)[C@@H]2C[C@@H]3CCC[C@@H]3N2C(=O)[C@@H]1C. The summed E-state index contributed by atoms with van der Waals surface area (Å²) in [5.74, 6) is 0.445. The van der Waals surface area contributed by atoms with Gasteiger partial charge in [-0.15, -0.1) is 0 Å². The molecular weight excluding hydrogens is 368 g/mol. The maximum atomic E-state index is 13.5. The van der Waals surface area contributed by atoms with Gasteiger partial charge in [-0.05, 0) is 57.4 Å². The lowest BCUT2D eigenvalue weighted by Gasteiger charge is -2.47. The molecule has 1 unspecified atom stereocenters. The molecule has 0 bridgehead atoms. The molecule has 0 radical (unpaired) electrons. The molecular formula is C23H32N2O4. The second-order valence-corrected chi connectivity index (χ2v) is 8.61. The number of nitrogens with zero attached hydrogens (tertiary/aromatic N) is 2. The number of hydrogen-bond acceptors (Lipinski definition) is 4. The van der Waals surface area contributed by atoms with Gasteiger partial charge in [-0.3, -0.25) is 9.59 Å². The molecule has 0 aromatic heterocycles. The largest absolute Gasteiger partial charge is 0.366 e. The third-order valence-corrected chi connectivity index (χ3v) is 7.00. The van der Waals surface area contributed by atoms with Crippen LogP contribution in [0.15, 0.2) is 30.3 Å². The molecule has 2 aliphatic heterocycles. The highest BCUT2D eigenvalue weighted by Gasteiger charge is 2.56. The third kappa shape index (κ3) is 3.68. The average molecular weight is 401 g/mol. The van der Waals surface area contributed by atoms with Crippen LogP contribution in [-0.2, 0) is 20.7 Å². The fourth-order valence-corrected chi connectivity index (χ4v) is 5.64. The van der Waals surface area contributed by atoms with Crippen molar-refractivity contribution in [1.29, 1.82) is 0 Å². The maximum absolute atomic E-state index is 13.5. The van der Waals surface area contributed by atoms with Crippen LogP contribution in [0.1, 0.15) is 51.5 Å². The van der Waals surface area contributed by atoms with E-state index in [1.807, 2.05) is 42.2 Å². The number of ether oxygens (including phenoxy) is 1. The predicted molar refractivity (Wildman–Crippen MR) is 109 cm³/mol. The van der Waals surface area contributed by atoms with Gasteiger partial charge in [0, 0.05) is 12.6 Å². The van der Waals surface area contributed by atoms with E-state index in [2.05, 4.69) is 0 Å². The number of piperazine rings is 1. The Morgan fingerprint density at radius 1 is 1.17 bits per heavy atom. The van der Waals surface area contributed by atoms with E-state index in [9.17, 15) is 14.7 Å². The number of fused-ring (bicyclic) bond motifs is 3. The minimum Gasteiger partial charge on any atom is -0.366 e. The van der Waals surface area contributed by atoms with Gasteiger partial charge in [-0.25, -0.2) is 0 Å². The molecule has 29 heavy (non-hydrogen) atoms. The van der Waals surface area contributed by atoms with Crippen molar-refractivity contribution in [2.75, 3.05) is 6.61 Å². The number of aryl methyl sites for hydroxylation is 1. The number of carbonyl (C=O) groups excluding carboxylic acids is 2. The zero-order valence-corrected chi connectivity index (χ0v) is 17.4. The predicted octanol–water partition coefficient (Wildman–Crippen LogP) is 2.34. The number of hydrogen-bond donors (Lipinski definition) is 1. The van der Waals surface area contributed by atoms with Gasteiger partial charge >= 0.3 is 0 Å². The van der Waals surface area contributed by atoms with Gasteiger partial charge in [0.05, 0.1) is 6.04 Å². The molecule has 0 spiro atoms. The number of aliphatic hydroxyl groups is 1. The molecule has 2 saturated heterocycles. The van der Waals surface area contributed by atoms with Crippen molar-refractivity contribution < 1.29 is 19.4 Å². The Morgan fingerprint density at radius 3 is 2.66 bits per heavy atom. The Hall–Kier alpha value is -1.92. The van der Waals surface area contributed by atoms with Gasteiger partial charge in [0.1, 0.15) is 12.1 Å². The first-order chi connectivity index (χ1) is 14.0. The Morgan fingerprint density at radius 2 is 1.93 bits per heavy atom. The Balaban J connectivity index is 1.57. The van der Waals surface area contributed by atoms with E-state index >= 15 is 0 Å². The summed E-state index contributed by atoms with van der Waals surface area (Å²) in [6, 6.07) is 8.75. The molecule has 158 valence electrons. The van der Waals surface area contributed by atoms with Crippen LogP contribution in [-0.4, -0.2) is 63.8 Å². The fourth-order valence-electron chi connectivity index (χ4n) is 5.64. The molecule has 6 heteroatoms. The summed E-state index contributed by atoms with van der Waals surface area (Å²) < 4.78 is 5.50. The zero-order valence-electron chi connectivity index (χ0n) is 17.4. The standard InChI is InChI=1S/C23H32N2O4/c1-3-29-23(28)19(13-12-16-8-5-4-6-9-16)24-15(2)21(26)25-18-11-7-10-17(18)14-20(25)22(24)27/h4-6,8-9,15,17-20,23,28H,3,7,10-14H2,1-2H3/t15-,17-,18-,19-,20-,23?/m0/s1. The van der Waals surface area contributed by atoms with Crippen molar-refractivity contribution in [1.82, 2.24) is 9.80 Å². The van der Waals surface area contributed by atoms with E-state index < -0.39 is 18.4 Å². The van der Waals surface area contributed by atoms with E-state index in [0.29, 0.717) is 25.4 Å². The first-order valence-electron chi connectivity index (χ1n) is 11.0. The van der Waals surface area contributed by atoms with Crippen molar-refractivity contribution in [2.45, 2.75) is 82.8 Å². The lowest BCUT2D eigenvalue weighted by Crippen LogP contribution is -2.67. The number of aliphatic hydroxyl groups excluding tert-OH is 1. The van der Waals surface area contributed by atoms with Gasteiger partial charge < -0.3 is 19.6 Å². The topological polar surface area (TPSA) is 70.1 Å². The van der Waals surface area contributed by atoms with Crippen LogP contribution in [0.25, 0.3) is 0 Å². The smallest absolute Gasteiger partial charge is 0.246 e. The molecule has 3 fully saturated rings. The Bertz CT molecular complexity index is 740. The van der Waals surface area contributed by atoms with E-state index in [-0.39, 0.29) is 23.9 Å². The van der Waals surface area contributed by atoms with Gasteiger partial charge in [0.25, 0.3) is 0 Å². The summed E-state index contributed by atoms with van der Waals surface area (Å²) in [5, 5.41) is 10.7. The molecule has 1 aromatic rings. The molecule has 6 atom stereocenters. The summed E-state index contributed by atoms with van der Waals surface area (Å²) >= 11 is 0. The number of benzene rings is 1. The van der Waals surface area contributed by atoms with Crippen LogP contribution >= 0.6 is 0 Å². The van der Waals surface area contributed by atoms with E-state index in [1.54, 1.807) is 11.8 Å². The van der Waals surface area contributed by atoms with Crippen molar-refractivity contribution >= 4 is 11.8 Å². The van der Waals surface area contributed by atoms with Crippen LogP contribution in [0.4, 0.5) is 0 Å². The van der Waals surface area contributed by atoms with Crippen LogP contribution < -0.4 is 0 Å².